The summed E-state index contributed by atoms with van der Waals surface area (Å²) in [7, 11) is 0. The van der Waals surface area contributed by atoms with E-state index in [-0.39, 0.29) is 24.8 Å². The highest BCUT2D eigenvalue weighted by Crippen LogP contribution is 2.27. The van der Waals surface area contributed by atoms with Gasteiger partial charge < -0.3 is 36.9 Å². The first-order valence-electron chi connectivity index (χ1n) is 7.37. The maximum atomic E-state index is 10.1. The molecule has 0 amide bonds. The monoisotopic (exact) mass is 289 g/mol. The molecule has 1 saturated heterocycles. The van der Waals surface area contributed by atoms with Crippen LogP contribution in [-0.2, 0) is 9.47 Å². The fourth-order valence-corrected chi connectivity index (χ4v) is 3.03. The summed E-state index contributed by atoms with van der Waals surface area (Å²) in [5.41, 5.74) is 17.6. The molecular weight excluding hydrogens is 262 g/mol. The Kier molecular flexibility index (Phi) is 5.74. The van der Waals surface area contributed by atoms with Crippen molar-refractivity contribution in [1.29, 1.82) is 0 Å². The Balaban J connectivity index is 1.88. The lowest BCUT2D eigenvalue weighted by Gasteiger charge is -2.40. The Morgan fingerprint density at radius 3 is 2.65 bits per heavy atom. The molecule has 2 aliphatic rings. The van der Waals surface area contributed by atoms with E-state index in [0.717, 1.165) is 19.3 Å². The van der Waals surface area contributed by atoms with Gasteiger partial charge in [0.05, 0.1) is 24.9 Å². The van der Waals surface area contributed by atoms with Gasteiger partial charge in [-0.05, 0) is 32.1 Å². The van der Waals surface area contributed by atoms with Crippen molar-refractivity contribution >= 4 is 0 Å². The molecular formula is C13H27N3O4. The minimum Gasteiger partial charge on any atom is -0.395 e. The summed E-state index contributed by atoms with van der Waals surface area (Å²) < 4.78 is 11.6. The summed E-state index contributed by atoms with van der Waals surface area (Å²) in [6.07, 6.45) is 1.85. The standard InChI is InChI=1S/C13H27N3O4/c14-7-4-8(15)13(10(18)5-7)20-12-3-1-2-11(19-12)9(16)6-17/h7-13,17-18H,1-6,14-16H2/t7?,8?,9?,10?,11?,12-,13-/m1/s1. The summed E-state index contributed by atoms with van der Waals surface area (Å²) in [4.78, 5) is 0. The van der Waals surface area contributed by atoms with Crippen LogP contribution in [0.2, 0.25) is 0 Å². The Hall–Kier alpha value is -0.280. The van der Waals surface area contributed by atoms with Gasteiger partial charge in [-0.3, -0.25) is 0 Å². The fourth-order valence-electron chi connectivity index (χ4n) is 3.03. The van der Waals surface area contributed by atoms with Gasteiger partial charge in [-0.15, -0.1) is 0 Å². The number of ether oxygens (including phenoxy) is 2. The summed E-state index contributed by atoms with van der Waals surface area (Å²) in [6.45, 7) is -0.113. The van der Waals surface area contributed by atoms with Crippen molar-refractivity contribution in [2.75, 3.05) is 6.61 Å². The smallest absolute Gasteiger partial charge is 0.158 e. The first kappa shape index (κ1) is 16.1. The molecule has 7 heteroatoms. The number of rotatable bonds is 4. The highest BCUT2D eigenvalue weighted by atomic mass is 16.7. The van der Waals surface area contributed by atoms with Crippen molar-refractivity contribution in [2.45, 2.75) is 74.8 Å². The Morgan fingerprint density at radius 1 is 1.25 bits per heavy atom. The maximum Gasteiger partial charge on any atom is 0.158 e. The molecule has 0 bridgehead atoms. The third-order valence-corrected chi connectivity index (χ3v) is 4.17. The summed E-state index contributed by atoms with van der Waals surface area (Å²) in [5, 5.41) is 19.1. The number of hydrogen-bond acceptors (Lipinski definition) is 7. The van der Waals surface area contributed by atoms with E-state index in [1.807, 2.05) is 0 Å². The van der Waals surface area contributed by atoms with Crippen LogP contribution in [0.15, 0.2) is 0 Å². The first-order valence-corrected chi connectivity index (χ1v) is 7.37. The van der Waals surface area contributed by atoms with Crippen LogP contribution in [-0.4, -0.2) is 59.5 Å². The molecule has 7 atom stereocenters. The molecule has 8 N–H and O–H groups in total. The Labute approximate surface area is 119 Å². The minimum atomic E-state index is -0.663. The molecule has 1 saturated carbocycles. The Morgan fingerprint density at radius 2 is 2.00 bits per heavy atom. The predicted octanol–water partition coefficient (Wildman–Crippen LogP) is -1.60. The lowest BCUT2D eigenvalue weighted by atomic mass is 9.87. The van der Waals surface area contributed by atoms with Crippen LogP contribution >= 0.6 is 0 Å². The normalized spacial score (nSPS) is 44.2. The molecule has 0 radical (unpaired) electrons. The molecule has 0 aromatic heterocycles. The highest BCUT2D eigenvalue weighted by Gasteiger charge is 2.37. The second kappa shape index (κ2) is 7.13. The summed E-state index contributed by atoms with van der Waals surface area (Å²) in [6, 6.07) is -0.772. The zero-order valence-corrected chi connectivity index (χ0v) is 11.7. The molecule has 0 aromatic carbocycles. The van der Waals surface area contributed by atoms with E-state index in [1.165, 1.54) is 0 Å². The SMILES string of the molecule is NC1CC(N)[C@@H](O[C@@H]2CCCC(C(N)CO)O2)C(O)C1. The molecule has 2 fully saturated rings. The molecule has 0 aromatic rings. The van der Waals surface area contributed by atoms with Crippen molar-refractivity contribution in [2.24, 2.45) is 17.2 Å². The zero-order chi connectivity index (χ0) is 14.7. The number of aliphatic hydroxyl groups is 2. The largest absolute Gasteiger partial charge is 0.395 e. The van der Waals surface area contributed by atoms with Gasteiger partial charge in [0, 0.05) is 12.1 Å². The molecule has 2 rings (SSSR count). The average Bonchev–Trinajstić information content (AvgIpc) is 2.42. The van der Waals surface area contributed by atoms with E-state index in [4.69, 9.17) is 31.8 Å². The third-order valence-electron chi connectivity index (χ3n) is 4.17. The van der Waals surface area contributed by atoms with Gasteiger partial charge >= 0.3 is 0 Å². The van der Waals surface area contributed by atoms with Crippen molar-refractivity contribution in [3.63, 3.8) is 0 Å². The predicted molar refractivity (Wildman–Crippen MR) is 73.6 cm³/mol. The van der Waals surface area contributed by atoms with E-state index >= 15 is 0 Å². The van der Waals surface area contributed by atoms with Crippen LogP contribution in [0.3, 0.4) is 0 Å². The van der Waals surface area contributed by atoms with E-state index in [0.29, 0.717) is 12.8 Å². The van der Waals surface area contributed by atoms with Gasteiger partial charge in [0.15, 0.2) is 6.29 Å². The maximum absolute atomic E-state index is 10.1. The van der Waals surface area contributed by atoms with E-state index in [2.05, 4.69) is 0 Å². The van der Waals surface area contributed by atoms with E-state index in [1.54, 1.807) is 0 Å². The quantitative estimate of drug-likeness (QED) is 0.420. The third kappa shape index (κ3) is 3.88. The molecule has 1 aliphatic carbocycles. The van der Waals surface area contributed by atoms with Gasteiger partial charge in [0.2, 0.25) is 0 Å². The van der Waals surface area contributed by atoms with Crippen LogP contribution in [0.4, 0.5) is 0 Å². The zero-order valence-electron chi connectivity index (χ0n) is 11.7. The molecule has 118 valence electrons. The fraction of sp³-hybridized carbons (Fsp3) is 1.00. The average molecular weight is 289 g/mol. The molecule has 0 spiro atoms. The van der Waals surface area contributed by atoms with E-state index < -0.39 is 24.5 Å². The minimum absolute atomic E-state index is 0.0808. The van der Waals surface area contributed by atoms with Crippen LogP contribution in [0.1, 0.15) is 32.1 Å². The highest BCUT2D eigenvalue weighted by molar-refractivity contribution is 4.92. The van der Waals surface area contributed by atoms with Crippen LogP contribution in [0.25, 0.3) is 0 Å². The second-order valence-electron chi connectivity index (χ2n) is 5.94. The van der Waals surface area contributed by atoms with Crippen LogP contribution in [0.5, 0.6) is 0 Å². The lowest BCUT2D eigenvalue weighted by Crippen LogP contribution is -2.56. The number of hydrogen-bond donors (Lipinski definition) is 5. The molecule has 5 unspecified atom stereocenters. The molecule has 20 heavy (non-hydrogen) atoms. The van der Waals surface area contributed by atoms with Gasteiger partial charge in [-0.1, -0.05) is 0 Å². The first-order chi connectivity index (χ1) is 9.51. The van der Waals surface area contributed by atoms with Crippen molar-refractivity contribution < 1.29 is 19.7 Å². The van der Waals surface area contributed by atoms with Crippen LogP contribution < -0.4 is 17.2 Å². The van der Waals surface area contributed by atoms with Crippen molar-refractivity contribution in [1.82, 2.24) is 0 Å². The van der Waals surface area contributed by atoms with Crippen molar-refractivity contribution in [3.05, 3.63) is 0 Å². The van der Waals surface area contributed by atoms with Crippen molar-refractivity contribution in [3.8, 4) is 0 Å². The van der Waals surface area contributed by atoms with Gasteiger partial charge in [-0.2, -0.15) is 0 Å². The number of aliphatic hydroxyl groups excluding tert-OH is 2. The Bertz CT molecular complexity index is 295. The lowest BCUT2D eigenvalue weighted by molar-refractivity contribution is -0.241. The van der Waals surface area contributed by atoms with Crippen LogP contribution in [0, 0.1) is 0 Å². The van der Waals surface area contributed by atoms with E-state index in [9.17, 15) is 5.11 Å². The topological polar surface area (TPSA) is 137 Å². The molecule has 1 aliphatic heterocycles. The summed E-state index contributed by atoms with van der Waals surface area (Å²) >= 11 is 0. The van der Waals surface area contributed by atoms with Gasteiger partial charge in [-0.25, -0.2) is 0 Å². The van der Waals surface area contributed by atoms with Gasteiger partial charge in [0.25, 0.3) is 0 Å². The summed E-state index contributed by atoms with van der Waals surface area (Å²) in [5.74, 6) is 0. The molecule has 1 heterocycles. The number of nitrogens with two attached hydrogens (primary N) is 3. The second-order valence-corrected chi connectivity index (χ2v) is 5.94. The van der Waals surface area contributed by atoms with Gasteiger partial charge in [0.1, 0.15) is 6.10 Å². The molecule has 7 nitrogen and oxygen atoms in total.